The minimum Gasteiger partial charge on any atom is -0.461 e. The molecule has 2 aromatic heterocycles. The van der Waals surface area contributed by atoms with Crippen molar-refractivity contribution in [3.8, 4) is 0 Å². The van der Waals surface area contributed by atoms with Crippen molar-refractivity contribution in [3.63, 3.8) is 0 Å². The first-order valence-electron chi connectivity index (χ1n) is 8.53. The van der Waals surface area contributed by atoms with Gasteiger partial charge in [-0.2, -0.15) is 0 Å². The molecule has 0 saturated carbocycles. The quantitative estimate of drug-likeness (QED) is 0.833. The Kier molecular flexibility index (Phi) is 4.68. The number of rotatable bonds is 4. The summed E-state index contributed by atoms with van der Waals surface area (Å²) in [6.45, 7) is 3.14. The van der Waals surface area contributed by atoms with Crippen molar-refractivity contribution >= 4 is 11.9 Å². The molecule has 0 aliphatic rings. The molecule has 2 N–H and O–H groups in total. The van der Waals surface area contributed by atoms with Crippen molar-refractivity contribution in [2.24, 2.45) is 0 Å². The molecule has 0 aromatic carbocycles. The predicted octanol–water partition coefficient (Wildman–Crippen LogP) is 1.79. The van der Waals surface area contributed by atoms with Gasteiger partial charge < -0.3 is 19.4 Å². The number of ether oxygens (including phenoxy) is 2. The summed E-state index contributed by atoms with van der Waals surface area (Å²) < 4.78 is 37.9. The summed E-state index contributed by atoms with van der Waals surface area (Å²) in [6, 6.07) is 0. The molecule has 0 saturated heterocycles. The van der Waals surface area contributed by atoms with Gasteiger partial charge in [0.1, 0.15) is 1.37 Å². The van der Waals surface area contributed by atoms with Crippen LogP contribution in [0.2, 0.25) is 0 Å². The summed E-state index contributed by atoms with van der Waals surface area (Å²) in [6.07, 6.45) is 1.10. The topological polar surface area (TPSA) is 110 Å². The number of hydrogen-bond acceptors (Lipinski definition) is 6. The number of carbonyl (C=O) groups is 2. The molecule has 2 heterocycles. The van der Waals surface area contributed by atoms with Crippen molar-refractivity contribution in [1.82, 2.24) is 19.9 Å². The Bertz CT molecular complexity index is 754. The van der Waals surface area contributed by atoms with Gasteiger partial charge in [-0.1, -0.05) is 0 Å². The number of esters is 2. The fourth-order valence-electron chi connectivity index (χ4n) is 1.37. The second kappa shape index (κ2) is 8.60. The Morgan fingerprint density at radius 3 is 2.18 bits per heavy atom. The van der Waals surface area contributed by atoms with Crippen LogP contribution in [0.4, 0.5) is 0 Å². The largest absolute Gasteiger partial charge is 0.461 e. The molecule has 0 unspecified atom stereocenters. The average molecular weight is 312 g/mol. The second-order valence-electron chi connectivity index (χ2n) is 3.89. The first-order chi connectivity index (χ1) is 12.1. The van der Waals surface area contributed by atoms with E-state index in [2.05, 4.69) is 24.7 Å². The molecule has 0 aliphatic carbocycles. The van der Waals surface area contributed by atoms with E-state index in [-0.39, 0.29) is 30.3 Å². The fraction of sp³-hybridized carbons (Fsp3) is 0.429. The van der Waals surface area contributed by atoms with Crippen LogP contribution in [0.3, 0.4) is 0 Å². The highest BCUT2D eigenvalue weighted by molar-refractivity contribution is 5.88. The number of carbonyl (C=O) groups excluding carboxylic acids is 2. The van der Waals surface area contributed by atoms with Crippen molar-refractivity contribution in [3.05, 3.63) is 35.4 Å². The molecule has 0 aliphatic heterocycles. The van der Waals surface area contributed by atoms with E-state index in [0.717, 1.165) is 5.69 Å². The SMILES string of the molecule is CCOC(=O)c1nc[nH]c1C.[2H]c1nc(C(=O)OCC)c(C([2H])([2H])[2H])[nH]1. The zero-order valence-corrected chi connectivity index (χ0v) is 12.5. The summed E-state index contributed by atoms with van der Waals surface area (Å²) in [5.41, 5.74) is 0.406. The number of imidazole rings is 2. The predicted molar refractivity (Wildman–Crippen MR) is 78.6 cm³/mol. The van der Waals surface area contributed by atoms with Gasteiger partial charge >= 0.3 is 11.9 Å². The third kappa shape index (κ3) is 4.72. The molecular weight excluding hydrogens is 288 g/mol. The Labute approximate surface area is 133 Å². The molecule has 120 valence electrons. The molecular formula is C14H20N4O4. The zero-order valence-electron chi connectivity index (χ0n) is 16.5. The number of aromatic amines is 2. The molecule has 0 fully saturated rings. The number of aromatic nitrogens is 4. The molecule has 0 radical (unpaired) electrons. The van der Waals surface area contributed by atoms with Gasteiger partial charge in [-0.05, 0) is 27.6 Å². The van der Waals surface area contributed by atoms with Crippen LogP contribution in [-0.2, 0) is 9.47 Å². The van der Waals surface area contributed by atoms with E-state index in [1.165, 1.54) is 6.33 Å². The Hall–Kier alpha value is -2.64. The number of nitrogens with zero attached hydrogens (tertiary/aromatic N) is 2. The van der Waals surface area contributed by atoms with E-state index < -0.39 is 12.8 Å². The van der Waals surface area contributed by atoms with Gasteiger partial charge in [-0.15, -0.1) is 0 Å². The minimum absolute atomic E-state index is 0.124. The van der Waals surface area contributed by atoms with Crippen LogP contribution in [-0.4, -0.2) is 45.1 Å². The van der Waals surface area contributed by atoms with Gasteiger partial charge in [0.15, 0.2) is 11.4 Å². The molecule has 0 amide bonds. The lowest BCUT2D eigenvalue weighted by atomic mass is 10.3. The Morgan fingerprint density at radius 1 is 1.14 bits per heavy atom. The van der Waals surface area contributed by atoms with E-state index >= 15 is 0 Å². The lowest BCUT2D eigenvalue weighted by Crippen LogP contribution is -2.06. The molecule has 22 heavy (non-hydrogen) atoms. The van der Waals surface area contributed by atoms with Crippen LogP contribution < -0.4 is 0 Å². The molecule has 8 nitrogen and oxygen atoms in total. The third-order valence-electron chi connectivity index (χ3n) is 2.35. The smallest absolute Gasteiger partial charge is 0.358 e. The van der Waals surface area contributed by atoms with Crippen LogP contribution in [0.5, 0.6) is 0 Å². The van der Waals surface area contributed by atoms with Crippen molar-refractivity contribution in [2.45, 2.75) is 27.6 Å². The van der Waals surface area contributed by atoms with Crippen LogP contribution in [0.1, 0.15) is 51.7 Å². The van der Waals surface area contributed by atoms with E-state index in [9.17, 15) is 9.59 Å². The highest BCUT2D eigenvalue weighted by Crippen LogP contribution is 2.02. The first-order valence-corrected chi connectivity index (χ1v) is 6.53. The van der Waals surface area contributed by atoms with Crippen LogP contribution in [0.15, 0.2) is 12.6 Å². The Morgan fingerprint density at radius 2 is 1.73 bits per heavy atom. The molecule has 2 aromatic rings. The van der Waals surface area contributed by atoms with Crippen LogP contribution in [0.25, 0.3) is 0 Å². The number of nitrogens with one attached hydrogen (secondary N) is 2. The minimum atomic E-state index is -2.51. The lowest BCUT2D eigenvalue weighted by Gasteiger charge is -1.97. The second-order valence-corrected chi connectivity index (χ2v) is 3.89. The molecule has 8 heteroatoms. The maximum atomic E-state index is 11.3. The average Bonchev–Trinajstić information content (AvgIpc) is 3.14. The van der Waals surface area contributed by atoms with Gasteiger partial charge in [0.25, 0.3) is 0 Å². The van der Waals surface area contributed by atoms with E-state index in [0.29, 0.717) is 12.3 Å². The van der Waals surface area contributed by atoms with Crippen molar-refractivity contribution < 1.29 is 24.5 Å². The summed E-state index contributed by atoms with van der Waals surface area (Å²) in [5.74, 6) is -1.20. The first kappa shape index (κ1) is 12.0. The third-order valence-corrected chi connectivity index (χ3v) is 2.35. The molecule has 2 rings (SSSR count). The lowest BCUT2D eigenvalue weighted by molar-refractivity contribution is 0.0509. The van der Waals surface area contributed by atoms with Gasteiger partial charge in [-0.3, -0.25) is 0 Å². The van der Waals surface area contributed by atoms with E-state index in [1.807, 2.05) is 0 Å². The maximum Gasteiger partial charge on any atom is 0.358 e. The van der Waals surface area contributed by atoms with E-state index in [4.69, 9.17) is 10.2 Å². The summed E-state index contributed by atoms with van der Waals surface area (Å²) >= 11 is 0. The summed E-state index contributed by atoms with van der Waals surface area (Å²) in [4.78, 5) is 34.6. The van der Waals surface area contributed by atoms with Crippen molar-refractivity contribution in [2.75, 3.05) is 13.2 Å². The molecule has 0 atom stereocenters. The van der Waals surface area contributed by atoms with Gasteiger partial charge in [0.2, 0.25) is 0 Å². The highest BCUT2D eigenvalue weighted by Gasteiger charge is 2.12. The molecule has 0 bridgehead atoms. The van der Waals surface area contributed by atoms with Gasteiger partial charge in [-0.25, -0.2) is 19.6 Å². The monoisotopic (exact) mass is 312 g/mol. The number of hydrogen-bond donors (Lipinski definition) is 2. The number of H-pyrrole nitrogens is 2. The summed E-state index contributed by atoms with van der Waals surface area (Å²) in [7, 11) is 0. The summed E-state index contributed by atoms with van der Waals surface area (Å²) in [5, 5.41) is 0. The van der Waals surface area contributed by atoms with Crippen LogP contribution in [0, 0.1) is 13.8 Å². The molecule has 0 spiro atoms. The van der Waals surface area contributed by atoms with Gasteiger partial charge in [0.05, 0.1) is 25.8 Å². The Balaban J connectivity index is 0.000000273. The fourth-order valence-corrected chi connectivity index (χ4v) is 1.37. The standard InChI is InChI=1S/2C7H10N2O2/c2*1-3-11-7(10)6-5(2)8-4-9-6/h2*4H,3H2,1-2H3,(H,8,9)/i2D3,4D;. The maximum absolute atomic E-state index is 11.3. The van der Waals surface area contributed by atoms with E-state index in [1.54, 1.807) is 20.8 Å². The number of aryl methyl sites for hydroxylation is 2. The van der Waals surface area contributed by atoms with Gasteiger partial charge in [0, 0.05) is 15.5 Å². The highest BCUT2D eigenvalue weighted by atomic mass is 16.5. The van der Waals surface area contributed by atoms with Crippen molar-refractivity contribution in [1.29, 1.82) is 0 Å². The van der Waals surface area contributed by atoms with Crippen LogP contribution >= 0.6 is 0 Å². The normalized spacial score (nSPS) is 12.9. The zero-order chi connectivity index (χ0) is 19.9.